The molecule has 26 heavy (non-hydrogen) atoms. The van der Waals surface area contributed by atoms with Crippen molar-refractivity contribution in [2.75, 3.05) is 19.5 Å². The summed E-state index contributed by atoms with van der Waals surface area (Å²) in [5.41, 5.74) is 3.44. The third-order valence-electron chi connectivity index (χ3n) is 3.30. The first-order chi connectivity index (χ1) is 12.5. The average molecular weight is 357 g/mol. The predicted octanol–water partition coefficient (Wildman–Crippen LogP) is 1.89. The zero-order chi connectivity index (χ0) is 18.9. The van der Waals surface area contributed by atoms with Crippen LogP contribution in [0.2, 0.25) is 0 Å². The summed E-state index contributed by atoms with van der Waals surface area (Å²) < 4.78 is 10.0. The summed E-state index contributed by atoms with van der Waals surface area (Å²) in [5, 5.41) is 15.9. The Kier molecular flexibility index (Phi) is 6.55. The number of nitrogens with one attached hydrogen (secondary N) is 2. The molecule has 2 amide bonds. The molecule has 0 saturated carbocycles. The number of methoxy groups -OCH3 is 2. The largest absolute Gasteiger partial charge is 0.504 e. The summed E-state index contributed by atoms with van der Waals surface area (Å²) in [7, 11) is 2.98. The molecule has 2 aromatic rings. The molecule has 0 spiro atoms. The number of hydrazone groups is 1. The fourth-order valence-corrected chi connectivity index (χ4v) is 2.02. The molecule has 8 heteroatoms. The van der Waals surface area contributed by atoms with Crippen LogP contribution in [0.25, 0.3) is 0 Å². The fourth-order valence-electron chi connectivity index (χ4n) is 2.02. The monoisotopic (exact) mass is 357 g/mol. The van der Waals surface area contributed by atoms with Crippen LogP contribution in [0, 0.1) is 0 Å². The third-order valence-corrected chi connectivity index (χ3v) is 3.30. The van der Waals surface area contributed by atoms with Crippen LogP contribution < -0.4 is 20.2 Å². The number of anilines is 1. The second-order valence-corrected chi connectivity index (χ2v) is 5.18. The first-order valence-electron chi connectivity index (χ1n) is 7.64. The number of phenols is 1. The molecule has 0 bridgehead atoms. The predicted molar refractivity (Wildman–Crippen MR) is 96.6 cm³/mol. The maximum Gasteiger partial charge on any atom is 0.249 e. The van der Waals surface area contributed by atoms with Gasteiger partial charge in [0.25, 0.3) is 0 Å². The van der Waals surface area contributed by atoms with Crippen molar-refractivity contribution >= 4 is 23.7 Å². The zero-order valence-electron chi connectivity index (χ0n) is 14.4. The Hall–Kier alpha value is -3.55. The van der Waals surface area contributed by atoms with Crippen LogP contribution in [0.1, 0.15) is 12.0 Å². The van der Waals surface area contributed by atoms with Gasteiger partial charge in [0.1, 0.15) is 12.2 Å². The molecule has 3 N–H and O–H groups in total. The highest BCUT2D eigenvalue weighted by molar-refractivity contribution is 6.03. The van der Waals surface area contributed by atoms with Crippen LogP contribution >= 0.6 is 0 Å². The van der Waals surface area contributed by atoms with E-state index in [0.29, 0.717) is 22.7 Å². The van der Waals surface area contributed by atoms with Gasteiger partial charge in [0.2, 0.25) is 11.8 Å². The van der Waals surface area contributed by atoms with Gasteiger partial charge in [0.15, 0.2) is 11.5 Å². The molecule has 2 rings (SSSR count). The summed E-state index contributed by atoms with van der Waals surface area (Å²) >= 11 is 0. The van der Waals surface area contributed by atoms with Gasteiger partial charge in [-0.2, -0.15) is 5.10 Å². The van der Waals surface area contributed by atoms with E-state index in [4.69, 9.17) is 9.47 Å². The van der Waals surface area contributed by atoms with Gasteiger partial charge in [-0.3, -0.25) is 9.59 Å². The van der Waals surface area contributed by atoms with Crippen molar-refractivity contribution in [1.82, 2.24) is 5.43 Å². The first-order valence-corrected chi connectivity index (χ1v) is 7.64. The van der Waals surface area contributed by atoms with Crippen molar-refractivity contribution in [3.05, 3.63) is 48.0 Å². The number of nitrogens with zero attached hydrogens (tertiary/aromatic N) is 1. The lowest BCUT2D eigenvalue weighted by molar-refractivity contribution is -0.126. The molecule has 0 aliphatic carbocycles. The minimum absolute atomic E-state index is 0.00360. The molecule has 0 aromatic heterocycles. The maximum absolute atomic E-state index is 11.8. The summed E-state index contributed by atoms with van der Waals surface area (Å²) in [6, 6.07) is 11.4. The van der Waals surface area contributed by atoms with Crippen LogP contribution in [0.3, 0.4) is 0 Å². The van der Waals surface area contributed by atoms with Crippen molar-refractivity contribution in [3.8, 4) is 17.2 Å². The topological polar surface area (TPSA) is 109 Å². The molecule has 0 saturated heterocycles. The molecule has 0 unspecified atom stereocenters. The smallest absolute Gasteiger partial charge is 0.249 e. The van der Waals surface area contributed by atoms with E-state index in [1.165, 1.54) is 19.4 Å². The lowest BCUT2D eigenvalue weighted by Gasteiger charge is -2.06. The van der Waals surface area contributed by atoms with Gasteiger partial charge in [0, 0.05) is 5.69 Å². The number of aromatic hydroxyl groups is 1. The molecule has 136 valence electrons. The van der Waals surface area contributed by atoms with Gasteiger partial charge in [-0.15, -0.1) is 0 Å². The second-order valence-electron chi connectivity index (χ2n) is 5.18. The number of carbonyl (C=O) groups is 2. The van der Waals surface area contributed by atoms with Crippen LogP contribution in [0.4, 0.5) is 5.69 Å². The number of carbonyl (C=O) groups excluding carboxylic acids is 2. The van der Waals surface area contributed by atoms with E-state index >= 15 is 0 Å². The molecule has 0 heterocycles. The van der Waals surface area contributed by atoms with Crippen LogP contribution in [-0.4, -0.2) is 37.4 Å². The number of hydrogen-bond donors (Lipinski definition) is 3. The van der Waals surface area contributed by atoms with Gasteiger partial charge in [-0.1, -0.05) is 0 Å². The van der Waals surface area contributed by atoms with Crippen LogP contribution in [-0.2, 0) is 9.59 Å². The highest BCUT2D eigenvalue weighted by Crippen LogP contribution is 2.25. The van der Waals surface area contributed by atoms with Gasteiger partial charge >= 0.3 is 0 Å². The highest BCUT2D eigenvalue weighted by atomic mass is 16.5. The van der Waals surface area contributed by atoms with Crippen molar-refractivity contribution in [1.29, 1.82) is 0 Å². The Bertz CT molecular complexity index is 803. The van der Waals surface area contributed by atoms with E-state index < -0.39 is 11.8 Å². The minimum Gasteiger partial charge on any atom is -0.504 e. The molecular weight excluding hydrogens is 338 g/mol. The van der Waals surface area contributed by atoms with Crippen molar-refractivity contribution in [2.24, 2.45) is 5.10 Å². The molecule has 8 nitrogen and oxygen atoms in total. The molecule has 0 atom stereocenters. The number of hydrogen-bond acceptors (Lipinski definition) is 6. The molecule has 0 aliphatic heterocycles. The normalized spacial score (nSPS) is 10.4. The Labute approximate surface area is 150 Å². The molecule has 0 aliphatic rings. The van der Waals surface area contributed by atoms with E-state index in [9.17, 15) is 14.7 Å². The van der Waals surface area contributed by atoms with E-state index in [1.54, 1.807) is 43.5 Å². The molecule has 0 radical (unpaired) electrons. The lowest BCUT2D eigenvalue weighted by Crippen LogP contribution is -2.24. The highest BCUT2D eigenvalue weighted by Gasteiger charge is 2.09. The summed E-state index contributed by atoms with van der Waals surface area (Å²) in [4.78, 5) is 23.6. The van der Waals surface area contributed by atoms with E-state index in [0.717, 1.165) is 0 Å². The van der Waals surface area contributed by atoms with Gasteiger partial charge < -0.3 is 19.9 Å². The minimum atomic E-state index is -0.557. The van der Waals surface area contributed by atoms with E-state index in [2.05, 4.69) is 15.8 Å². The van der Waals surface area contributed by atoms with Crippen molar-refractivity contribution in [3.63, 3.8) is 0 Å². The Morgan fingerprint density at radius 1 is 1.08 bits per heavy atom. The SMILES string of the molecule is COc1ccc(NC(=O)CC(=O)N/N=C/c2ccc(O)c(OC)c2)cc1. The fraction of sp³-hybridized carbons (Fsp3) is 0.167. The summed E-state index contributed by atoms with van der Waals surface area (Å²) in [6.45, 7) is 0. The third kappa shape index (κ3) is 5.52. The zero-order valence-corrected chi connectivity index (χ0v) is 14.4. The Morgan fingerprint density at radius 3 is 2.46 bits per heavy atom. The molecular formula is C18H19N3O5. The number of benzene rings is 2. The van der Waals surface area contributed by atoms with E-state index in [1.807, 2.05) is 0 Å². The number of rotatable bonds is 7. The van der Waals surface area contributed by atoms with E-state index in [-0.39, 0.29) is 12.2 Å². The second kappa shape index (κ2) is 9.07. The van der Waals surface area contributed by atoms with Gasteiger partial charge in [-0.05, 0) is 48.0 Å². The van der Waals surface area contributed by atoms with Gasteiger partial charge in [0.05, 0.1) is 20.4 Å². The van der Waals surface area contributed by atoms with Crippen LogP contribution in [0.15, 0.2) is 47.6 Å². The quantitative estimate of drug-likeness (QED) is 0.398. The lowest BCUT2D eigenvalue weighted by atomic mass is 10.2. The average Bonchev–Trinajstić information content (AvgIpc) is 2.63. The Balaban J connectivity index is 1.82. The van der Waals surface area contributed by atoms with Gasteiger partial charge in [-0.25, -0.2) is 5.43 Å². The Morgan fingerprint density at radius 2 is 1.81 bits per heavy atom. The number of amides is 2. The molecule has 0 fully saturated rings. The summed E-state index contributed by atoms with van der Waals surface area (Å²) in [5.74, 6) is -0.0591. The van der Waals surface area contributed by atoms with Crippen LogP contribution in [0.5, 0.6) is 17.2 Å². The number of phenolic OH excluding ortho intramolecular Hbond substituents is 1. The maximum atomic E-state index is 11.8. The first kappa shape index (κ1) is 18.8. The van der Waals surface area contributed by atoms with Crippen molar-refractivity contribution < 1.29 is 24.2 Å². The summed E-state index contributed by atoms with van der Waals surface area (Å²) in [6.07, 6.45) is 1.00. The van der Waals surface area contributed by atoms with Crippen molar-refractivity contribution in [2.45, 2.75) is 6.42 Å². The standard InChI is InChI=1S/C18H19N3O5/c1-25-14-6-4-13(5-7-14)20-17(23)10-18(24)21-19-11-12-3-8-15(22)16(9-12)26-2/h3-9,11,22H,10H2,1-2H3,(H,20,23)(H,21,24)/b19-11+. The number of ether oxygens (including phenoxy) is 2. The molecule has 2 aromatic carbocycles.